The molecule has 2 aromatic carbocycles. The van der Waals surface area contributed by atoms with Gasteiger partial charge in [0.1, 0.15) is 18.2 Å². The molecular formula is C17H17FNNaO5S. The van der Waals surface area contributed by atoms with Gasteiger partial charge in [-0.1, -0.05) is 19.1 Å². The molecule has 26 heavy (non-hydrogen) atoms. The minimum atomic E-state index is -3.72. The zero-order chi connectivity index (χ0) is 18.4. The first kappa shape index (κ1) is 22.6. The van der Waals surface area contributed by atoms with Crippen LogP contribution in [0.2, 0.25) is 0 Å². The van der Waals surface area contributed by atoms with Crippen molar-refractivity contribution in [2.45, 2.75) is 17.7 Å². The van der Waals surface area contributed by atoms with Gasteiger partial charge in [-0.05, 0) is 47.9 Å². The Bertz CT molecular complexity index is 825. The maximum absolute atomic E-state index is 12.9. The number of nitrogens with one attached hydrogen (secondary N) is 1. The number of carbonyl (C=O) groups excluding carboxylic acids is 1. The van der Waals surface area contributed by atoms with Gasteiger partial charge in [0.25, 0.3) is 0 Å². The number of rotatable bonds is 8. The topological polar surface area (TPSA) is 95.5 Å². The summed E-state index contributed by atoms with van der Waals surface area (Å²) in [4.78, 5) is 10.3. The summed E-state index contributed by atoms with van der Waals surface area (Å²) in [5.41, 5.74) is 0.850. The van der Waals surface area contributed by atoms with Crippen LogP contribution in [0.15, 0.2) is 53.4 Å². The monoisotopic (exact) mass is 389 g/mol. The van der Waals surface area contributed by atoms with Crippen molar-refractivity contribution in [1.82, 2.24) is 4.72 Å². The number of aliphatic carboxylic acids is 1. The molecule has 134 valence electrons. The second-order valence-corrected chi connectivity index (χ2v) is 7.20. The van der Waals surface area contributed by atoms with E-state index in [0.29, 0.717) is 5.75 Å². The number of carboxylic acids is 1. The first-order chi connectivity index (χ1) is 11.8. The fourth-order valence-electron chi connectivity index (χ4n) is 2.08. The number of ether oxygens (including phenoxy) is 1. The number of carbonyl (C=O) groups is 1. The Balaban J connectivity index is 0.00000338. The molecule has 0 heterocycles. The van der Waals surface area contributed by atoms with Gasteiger partial charge in [0, 0.05) is 6.54 Å². The third kappa shape index (κ3) is 6.69. The number of halogens is 1. The summed E-state index contributed by atoms with van der Waals surface area (Å²) in [6.45, 7) is 1.45. The number of carboxylic acid groups (broad SMARTS) is 1. The van der Waals surface area contributed by atoms with Gasteiger partial charge in [0.2, 0.25) is 10.0 Å². The van der Waals surface area contributed by atoms with E-state index in [4.69, 9.17) is 4.74 Å². The van der Waals surface area contributed by atoms with Crippen molar-refractivity contribution in [1.29, 1.82) is 0 Å². The molecule has 1 N–H and O–H groups in total. The van der Waals surface area contributed by atoms with Gasteiger partial charge in [-0.2, -0.15) is 0 Å². The summed E-state index contributed by atoms with van der Waals surface area (Å²) in [6, 6.07) is 11.2. The average Bonchev–Trinajstić information content (AvgIpc) is 2.59. The van der Waals surface area contributed by atoms with Crippen LogP contribution in [0, 0.1) is 5.82 Å². The van der Waals surface area contributed by atoms with E-state index < -0.39 is 28.4 Å². The Labute approximate surface area is 173 Å². The third-order valence-corrected chi connectivity index (χ3v) is 4.95. The van der Waals surface area contributed by atoms with Gasteiger partial charge in [0.15, 0.2) is 0 Å². The Morgan fingerprint density at radius 1 is 1.15 bits per heavy atom. The standard InChI is InChI=1S/C17H18FNO5S.Na/c1-12(13-2-6-15(7-3-13)24-11-17(20)21)10-19-25(22,23)16-8-4-14(18)5-9-16;/h2-9,12,19H,10-11H2,1H3,(H,20,21);/q;+1/p-1. The molecule has 0 aliphatic heterocycles. The molecule has 1 atom stereocenters. The molecule has 0 amide bonds. The van der Waals surface area contributed by atoms with Gasteiger partial charge in [-0.25, -0.2) is 17.5 Å². The van der Waals surface area contributed by atoms with Crippen molar-refractivity contribution in [2.75, 3.05) is 13.2 Å². The number of hydrogen-bond donors (Lipinski definition) is 1. The van der Waals surface area contributed by atoms with Crippen molar-refractivity contribution >= 4 is 16.0 Å². The molecule has 6 nitrogen and oxygen atoms in total. The molecule has 2 aromatic rings. The zero-order valence-corrected chi connectivity index (χ0v) is 17.3. The van der Waals surface area contributed by atoms with E-state index in [1.54, 1.807) is 24.3 Å². The van der Waals surface area contributed by atoms with Crippen LogP contribution < -0.4 is 44.1 Å². The van der Waals surface area contributed by atoms with Gasteiger partial charge in [0.05, 0.1) is 10.9 Å². The molecule has 0 aromatic heterocycles. The summed E-state index contributed by atoms with van der Waals surface area (Å²) in [5, 5.41) is 10.3. The van der Waals surface area contributed by atoms with Crippen LogP contribution in [0.5, 0.6) is 5.75 Å². The predicted molar refractivity (Wildman–Crippen MR) is 86.9 cm³/mol. The molecule has 0 aliphatic carbocycles. The van der Waals surface area contributed by atoms with Crippen molar-refractivity contribution < 1.29 is 57.0 Å². The molecule has 0 bridgehead atoms. The fourth-order valence-corrected chi connectivity index (χ4v) is 3.21. The van der Waals surface area contributed by atoms with Crippen LogP contribution in [-0.2, 0) is 14.8 Å². The van der Waals surface area contributed by atoms with Crippen LogP contribution >= 0.6 is 0 Å². The molecule has 0 saturated carbocycles. The molecule has 0 aliphatic rings. The third-order valence-electron chi connectivity index (χ3n) is 3.51. The van der Waals surface area contributed by atoms with Crippen molar-refractivity contribution in [3.05, 3.63) is 59.9 Å². The molecule has 9 heteroatoms. The normalized spacial score (nSPS) is 12.1. The zero-order valence-electron chi connectivity index (χ0n) is 14.4. The quantitative estimate of drug-likeness (QED) is 0.529. The first-order valence-corrected chi connectivity index (χ1v) is 8.94. The Kier molecular flexibility index (Phi) is 8.72. The fraction of sp³-hybridized carbons (Fsp3) is 0.235. The van der Waals surface area contributed by atoms with E-state index in [-0.39, 0.29) is 46.9 Å². The molecule has 0 radical (unpaired) electrons. The van der Waals surface area contributed by atoms with Gasteiger partial charge >= 0.3 is 29.6 Å². The van der Waals surface area contributed by atoms with Crippen molar-refractivity contribution in [3.8, 4) is 5.75 Å². The SMILES string of the molecule is CC(CNS(=O)(=O)c1ccc(F)cc1)c1ccc(OCC(=O)[O-])cc1.[Na+]. The molecule has 1 unspecified atom stereocenters. The second-order valence-electron chi connectivity index (χ2n) is 5.44. The minimum absolute atomic E-state index is 0. The summed E-state index contributed by atoms with van der Waals surface area (Å²) < 4.78 is 44.7. The predicted octanol–water partition coefficient (Wildman–Crippen LogP) is -1.96. The smallest absolute Gasteiger partial charge is 0.546 e. The molecule has 2 rings (SSSR count). The van der Waals surface area contributed by atoms with E-state index in [9.17, 15) is 22.7 Å². The summed E-state index contributed by atoms with van der Waals surface area (Å²) in [7, 11) is -3.72. The van der Waals surface area contributed by atoms with Crippen LogP contribution in [0.25, 0.3) is 0 Å². The number of hydrogen-bond acceptors (Lipinski definition) is 5. The van der Waals surface area contributed by atoms with E-state index >= 15 is 0 Å². The van der Waals surface area contributed by atoms with Gasteiger partial charge in [-0.3, -0.25) is 0 Å². The number of sulfonamides is 1. The summed E-state index contributed by atoms with van der Waals surface area (Å²) in [6.07, 6.45) is 0. The molecular weight excluding hydrogens is 372 g/mol. The van der Waals surface area contributed by atoms with Gasteiger partial charge in [-0.15, -0.1) is 0 Å². The summed E-state index contributed by atoms with van der Waals surface area (Å²) in [5.74, 6) is -1.57. The van der Waals surface area contributed by atoms with E-state index in [2.05, 4.69) is 4.72 Å². The van der Waals surface area contributed by atoms with E-state index in [0.717, 1.165) is 17.7 Å². The van der Waals surface area contributed by atoms with Crippen LogP contribution in [0.4, 0.5) is 4.39 Å². The first-order valence-electron chi connectivity index (χ1n) is 7.46. The van der Waals surface area contributed by atoms with Gasteiger partial charge < -0.3 is 14.6 Å². The van der Waals surface area contributed by atoms with Crippen molar-refractivity contribution in [2.24, 2.45) is 0 Å². The average molecular weight is 389 g/mol. The van der Waals surface area contributed by atoms with Crippen LogP contribution in [0.3, 0.4) is 0 Å². The Morgan fingerprint density at radius 2 is 1.73 bits per heavy atom. The second kappa shape index (κ2) is 10.0. The van der Waals surface area contributed by atoms with E-state index in [1.165, 1.54) is 12.1 Å². The minimum Gasteiger partial charge on any atom is -0.546 e. The molecule has 0 fully saturated rings. The number of benzene rings is 2. The molecule has 0 spiro atoms. The van der Waals surface area contributed by atoms with Crippen molar-refractivity contribution in [3.63, 3.8) is 0 Å². The van der Waals surface area contributed by atoms with E-state index in [1.807, 2.05) is 6.92 Å². The Morgan fingerprint density at radius 3 is 2.27 bits per heavy atom. The maximum Gasteiger partial charge on any atom is 1.00 e. The largest absolute Gasteiger partial charge is 1.00 e. The molecule has 0 saturated heterocycles. The summed E-state index contributed by atoms with van der Waals surface area (Å²) >= 11 is 0. The Hall–Kier alpha value is -1.45. The van der Waals surface area contributed by atoms with Crippen LogP contribution in [0.1, 0.15) is 18.4 Å². The van der Waals surface area contributed by atoms with Crippen LogP contribution in [-0.4, -0.2) is 27.5 Å². The maximum atomic E-state index is 12.9.